The molecule has 4 aliphatic carbocycles. The first kappa shape index (κ1) is 28.2. The number of aliphatic hydroxyl groups is 2. The summed E-state index contributed by atoms with van der Waals surface area (Å²) >= 11 is 0. The molecule has 5 rings (SSSR count). The number of aliphatic hydroxyl groups excluding tert-OH is 2. The smallest absolute Gasteiger partial charge is 0.409 e. The van der Waals surface area contributed by atoms with Crippen LogP contribution in [0.3, 0.4) is 0 Å². The Bertz CT molecular complexity index is 874. The van der Waals surface area contributed by atoms with E-state index in [4.69, 9.17) is 4.74 Å². The molecule has 1 heterocycles. The Hall–Kier alpha value is -1.34. The summed E-state index contributed by atoms with van der Waals surface area (Å²) in [4.78, 5) is 28.6. The standard InChI is InChI=1S/C31H52N2O5/c1-5-38-29(37)33-16-14-32(15-17-33)27(36)9-6-20(2)23-7-8-24-28-25(11-13-31(23,24)4)30(3)12-10-22(34)18-21(30)19-26(28)35/h20-26,28,34-35H,5-19H2,1-4H3/t20-,21+,22-,23-,24+,25+,26+,28+,30+,31-/m1/s1. The van der Waals surface area contributed by atoms with Crippen molar-refractivity contribution in [2.75, 3.05) is 32.8 Å². The van der Waals surface area contributed by atoms with Gasteiger partial charge in [-0.3, -0.25) is 4.79 Å². The maximum Gasteiger partial charge on any atom is 0.409 e. The van der Waals surface area contributed by atoms with E-state index in [2.05, 4.69) is 20.8 Å². The van der Waals surface area contributed by atoms with Gasteiger partial charge in [0.1, 0.15) is 0 Å². The molecule has 38 heavy (non-hydrogen) atoms. The first-order chi connectivity index (χ1) is 18.1. The van der Waals surface area contributed by atoms with Crippen LogP contribution in [0.15, 0.2) is 0 Å². The van der Waals surface area contributed by atoms with E-state index in [1.54, 1.807) is 4.90 Å². The zero-order valence-corrected chi connectivity index (χ0v) is 24.2. The van der Waals surface area contributed by atoms with E-state index in [0.29, 0.717) is 74.7 Å². The summed E-state index contributed by atoms with van der Waals surface area (Å²) in [6.45, 7) is 11.8. The average molecular weight is 533 g/mol. The Morgan fingerprint density at radius 3 is 2.29 bits per heavy atom. The largest absolute Gasteiger partial charge is 0.450 e. The van der Waals surface area contributed by atoms with Gasteiger partial charge in [-0.25, -0.2) is 4.79 Å². The lowest BCUT2D eigenvalue weighted by Crippen LogP contribution is -2.58. The molecule has 2 N–H and O–H groups in total. The lowest BCUT2D eigenvalue weighted by atomic mass is 9.43. The fourth-order valence-corrected chi connectivity index (χ4v) is 10.2. The van der Waals surface area contributed by atoms with Gasteiger partial charge in [-0.2, -0.15) is 0 Å². The number of carbonyl (C=O) groups excluding carboxylic acids is 2. The summed E-state index contributed by atoms with van der Waals surface area (Å²) in [6.07, 6.45) is 9.38. The topological polar surface area (TPSA) is 90.3 Å². The van der Waals surface area contributed by atoms with Gasteiger partial charge in [-0.15, -0.1) is 0 Å². The van der Waals surface area contributed by atoms with E-state index < -0.39 is 0 Å². The molecule has 0 spiro atoms. The monoisotopic (exact) mass is 532 g/mol. The minimum atomic E-state index is -0.277. The van der Waals surface area contributed by atoms with E-state index in [9.17, 15) is 19.8 Å². The Morgan fingerprint density at radius 1 is 0.921 bits per heavy atom. The lowest BCUT2D eigenvalue weighted by Gasteiger charge is -2.62. The van der Waals surface area contributed by atoms with Crippen molar-refractivity contribution in [3.63, 3.8) is 0 Å². The highest BCUT2D eigenvalue weighted by Crippen LogP contribution is 2.68. The summed E-state index contributed by atoms with van der Waals surface area (Å²) in [5.41, 5.74) is 0.505. The van der Waals surface area contributed by atoms with Gasteiger partial charge in [0.2, 0.25) is 5.91 Å². The second-order valence-corrected chi connectivity index (χ2v) is 14.0. The van der Waals surface area contributed by atoms with Crippen LogP contribution in [0.4, 0.5) is 4.79 Å². The second kappa shape index (κ2) is 10.9. The van der Waals surface area contributed by atoms with Crippen LogP contribution in [0.2, 0.25) is 0 Å². The maximum atomic E-state index is 13.0. The zero-order valence-electron chi connectivity index (χ0n) is 24.2. The molecule has 7 heteroatoms. The fraction of sp³-hybridized carbons (Fsp3) is 0.935. The minimum Gasteiger partial charge on any atom is -0.450 e. The molecule has 5 aliphatic rings. The van der Waals surface area contributed by atoms with Crippen molar-refractivity contribution in [1.29, 1.82) is 0 Å². The van der Waals surface area contributed by atoms with E-state index in [-0.39, 0.29) is 35.0 Å². The summed E-state index contributed by atoms with van der Waals surface area (Å²) in [5.74, 6) is 3.29. The number of fused-ring (bicyclic) bond motifs is 5. The van der Waals surface area contributed by atoms with Crippen LogP contribution in [0.5, 0.6) is 0 Å². The van der Waals surface area contributed by atoms with Crippen molar-refractivity contribution in [1.82, 2.24) is 9.80 Å². The molecule has 1 saturated heterocycles. The van der Waals surface area contributed by atoms with E-state index in [0.717, 1.165) is 32.1 Å². The number of ether oxygens (including phenoxy) is 1. The summed E-state index contributed by atoms with van der Waals surface area (Å²) in [7, 11) is 0. The Morgan fingerprint density at radius 2 is 1.58 bits per heavy atom. The second-order valence-electron chi connectivity index (χ2n) is 14.0. The van der Waals surface area contributed by atoms with Crippen molar-refractivity contribution < 1.29 is 24.5 Å². The van der Waals surface area contributed by atoms with Crippen LogP contribution in [-0.4, -0.2) is 77.0 Å². The molecule has 10 atom stereocenters. The number of rotatable bonds is 5. The zero-order chi connectivity index (χ0) is 27.2. The first-order valence-corrected chi connectivity index (χ1v) is 15.6. The van der Waals surface area contributed by atoms with Crippen LogP contribution >= 0.6 is 0 Å². The van der Waals surface area contributed by atoms with Gasteiger partial charge in [0.05, 0.1) is 18.8 Å². The number of carbonyl (C=O) groups is 2. The van der Waals surface area contributed by atoms with Crippen molar-refractivity contribution in [2.24, 2.45) is 46.3 Å². The van der Waals surface area contributed by atoms with Gasteiger partial charge >= 0.3 is 6.09 Å². The van der Waals surface area contributed by atoms with Gasteiger partial charge in [-0.1, -0.05) is 20.8 Å². The number of hydrogen-bond acceptors (Lipinski definition) is 5. The van der Waals surface area contributed by atoms with Crippen LogP contribution in [-0.2, 0) is 9.53 Å². The van der Waals surface area contributed by atoms with E-state index in [1.165, 1.54) is 25.7 Å². The van der Waals surface area contributed by atoms with Crippen LogP contribution in [0.25, 0.3) is 0 Å². The molecule has 0 aromatic rings. The Balaban J connectivity index is 1.17. The van der Waals surface area contributed by atoms with Crippen molar-refractivity contribution in [2.45, 2.75) is 104 Å². The highest BCUT2D eigenvalue weighted by molar-refractivity contribution is 5.76. The minimum absolute atomic E-state index is 0.188. The van der Waals surface area contributed by atoms with Crippen molar-refractivity contribution in [3.8, 4) is 0 Å². The lowest BCUT2D eigenvalue weighted by molar-refractivity contribution is -0.174. The highest BCUT2D eigenvalue weighted by Gasteiger charge is 2.62. The molecule has 5 fully saturated rings. The molecule has 7 nitrogen and oxygen atoms in total. The van der Waals surface area contributed by atoms with E-state index >= 15 is 0 Å². The third kappa shape index (κ3) is 4.88. The highest BCUT2D eigenvalue weighted by atomic mass is 16.6. The quantitative estimate of drug-likeness (QED) is 0.536. The summed E-state index contributed by atoms with van der Waals surface area (Å²) in [6, 6.07) is 0. The molecule has 0 unspecified atom stereocenters. The Kier molecular flexibility index (Phi) is 8.10. The third-order valence-corrected chi connectivity index (χ3v) is 12.4. The third-order valence-electron chi connectivity index (χ3n) is 12.4. The first-order valence-electron chi connectivity index (χ1n) is 15.6. The average Bonchev–Trinajstić information content (AvgIpc) is 3.25. The number of amides is 2. The number of nitrogens with zero attached hydrogens (tertiary/aromatic N) is 2. The van der Waals surface area contributed by atoms with Crippen molar-refractivity contribution in [3.05, 3.63) is 0 Å². The molecule has 0 aromatic heterocycles. The molecule has 0 aromatic carbocycles. The van der Waals surface area contributed by atoms with Crippen molar-refractivity contribution >= 4 is 12.0 Å². The molecular formula is C31H52N2O5. The normalized spacial score (nSPS) is 43.6. The fourth-order valence-electron chi connectivity index (χ4n) is 10.2. The molecular weight excluding hydrogens is 480 g/mol. The van der Waals surface area contributed by atoms with Gasteiger partial charge in [0.25, 0.3) is 0 Å². The van der Waals surface area contributed by atoms with Gasteiger partial charge in [0, 0.05) is 32.6 Å². The van der Waals surface area contributed by atoms with Crippen LogP contribution in [0, 0.1) is 46.3 Å². The van der Waals surface area contributed by atoms with E-state index in [1.807, 2.05) is 11.8 Å². The van der Waals surface area contributed by atoms with Crippen LogP contribution < -0.4 is 0 Å². The van der Waals surface area contributed by atoms with Gasteiger partial charge < -0.3 is 24.7 Å². The molecule has 216 valence electrons. The predicted molar refractivity (Wildman–Crippen MR) is 146 cm³/mol. The predicted octanol–water partition coefficient (Wildman–Crippen LogP) is 4.69. The maximum absolute atomic E-state index is 13.0. The summed E-state index contributed by atoms with van der Waals surface area (Å²) in [5, 5.41) is 21.8. The van der Waals surface area contributed by atoms with Gasteiger partial charge in [0.15, 0.2) is 0 Å². The number of piperazine rings is 1. The number of hydrogen-bond donors (Lipinski definition) is 2. The van der Waals surface area contributed by atoms with Crippen LogP contribution in [0.1, 0.15) is 91.9 Å². The molecule has 2 amide bonds. The molecule has 0 bridgehead atoms. The molecule has 1 aliphatic heterocycles. The Labute approximate surface area is 229 Å². The van der Waals surface area contributed by atoms with Gasteiger partial charge in [-0.05, 0) is 111 Å². The SMILES string of the molecule is CCOC(=O)N1CCN(C(=O)CC[C@@H](C)[C@H]2CC[C@H]3[C@@H]4[C@@H](O)C[C@@H]5C[C@H](O)CC[C@]5(C)[C@H]4CC[C@]23C)CC1. The molecule has 4 saturated carbocycles. The summed E-state index contributed by atoms with van der Waals surface area (Å²) < 4.78 is 5.10. The molecule has 0 radical (unpaired) electrons.